The van der Waals surface area contributed by atoms with E-state index >= 15 is 0 Å². The van der Waals surface area contributed by atoms with Crippen LogP contribution >= 0.6 is 0 Å². The molecule has 2 aliphatic rings. The zero-order valence-electron chi connectivity index (χ0n) is 11.2. The van der Waals surface area contributed by atoms with Crippen LogP contribution in [0.2, 0.25) is 0 Å². The number of carbonyl (C=O) groups excluding carboxylic acids is 1. The van der Waals surface area contributed by atoms with Crippen LogP contribution in [0, 0.1) is 5.41 Å². The predicted octanol–water partition coefficient (Wildman–Crippen LogP) is 1.64. The first-order chi connectivity index (χ1) is 9.61. The van der Waals surface area contributed by atoms with E-state index < -0.39 is 11.4 Å². The van der Waals surface area contributed by atoms with E-state index in [2.05, 4.69) is 10.6 Å². The van der Waals surface area contributed by atoms with Crippen LogP contribution in [0.5, 0.6) is 0 Å². The smallest absolute Gasteiger partial charge is 0.311 e. The summed E-state index contributed by atoms with van der Waals surface area (Å²) in [7, 11) is 0. The summed E-state index contributed by atoms with van der Waals surface area (Å²) in [5, 5.41) is 15.2. The van der Waals surface area contributed by atoms with Crippen LogP contribution < -0.4 is 10.6 Å². The summed E-state index contributed by atoms with van der Waals surface area (Å²) in [4.78, 5) is 23.4. The van der Waals surface area contributed by atoms with Gasteiger partial charge in [0.15, 0.2) is 0 Å². The molecule has 3 rings (SSSR count). The third-order valence-electron chi connectivity index (χ3n) is 4.43. The zero-order chi connectivity index (χ0) is 14.2. The van der Waals surface area contributed by atoms with Crippen LogP contribution in [0.4, 0.5) is 5.69 Å². The molecule has 1 amide bonds. The molecule has 0 radical (unpaired) electrons. The van der Waals surface area contributed by atoms with Crippen molar-refractivity contribution < 1.29 is 14.7 Å². The van der Waals surface area contributed by atoms with Crippen molar-refractivity contribution >= 4 is 17.6 Å². The highest BCUT2D eigenvalue weighted by Gasteiger charge is 2.44. The van der Waals surface area contributed by atoms with Gasteiger partial charge in [-0.1, -0.05) is 12.5 Å². The number of nitrogens with one attached hydrogen (secondary N) is 2. The largest absolute Gasteiger partial charge is 0.481 e. The van der Waals surface area contributed by atoms with E-state index in [1.54, 1.807) is 6.07 Å². The fourth-order valence-corrected chi connectivity index (χ4v) is 2.85. The number of benzene rings is 1. The minimum absolute atomic E-state index is 0.200. The number of carboxylic acid groups (broad SMARTS) is 1. The number of hydrogen-bond acceptors (Lipinski definition) is 3. The Balaban J connectivity index is 1.66. The second-order valence-corrected chi connectivity index (χ2v) is 5.67. The van der Waals surface area contributed by atoms with E-state index in [1.807, 2.05) is 12.1 Å². The van der Waals surface area contributed by atoms with Crippen LogP contribution in [-0.4, -0.2) is 30.1 Å². The SMILES string of the molecule is O=C(NCC1(C(=O)O)CCC1)c1ccc2c(c1)NCC2. The van der Waals surface area contributed by atoms with Gasteiger partial charge in [0, 0.05) is 24.3 Å². The lowest BCUT2D eigenvalue weighted by Crippen LogP contribution is -2.47. The highest BCUT2D eigenvalue weighted by atomic mass is 16.4. The van der Waals surface area contributed by atoms with Crippen molar-refractivity contribution in [3.63, 3.8) is 0 Å². The highest BCUT2D eigenvalue weighted by Crippen LogP contribution is 2.40. The number of rotatable bonds is 4. The Morgan fingerprint density at radius 3 is 2.80 bits per heavy atom. The van der Waals surface area contributed by atoms with Gasteiger partial charge in [0.25, 0.3) is 5.91 Å². The van der Waals surface area contributed by atoms with Crippen LogP contribution in [-0.2, 0) is 11.2 Å². The molecule has 0 unspecified atom stereocenters. The maximum atomic E-state index is 12.1. The lowest BCUT2D eigenvalue weighted by Gasteiger charge is -2.37. The van der Waals surface area contributed by atoms with Gasteiger partial charge in [0.2, 0.25) is 0 Å². The van der Waals surface area contributed by atoms with Crippen molar-refractivity contribution in [3.8, 4) is 0 Å². The molecule has 0 atom stereocenters. The Labute approximate surface area is 117 Å². The topological polar surface area (TPSA) is 78.4 Å². The molecule has 1 aromatic carbocycles. The summed E-state index contributed by atoms with van der Waals surface area (Å²) in [5.74, 6) is -1.01. The van der Waals surface area contributed by atoms with Crippen molar-refractivity contribution in [1.82, 2.24) is 5.32 Å². The molecular formula is C15H18N2O3. The van der Waals surface area contributed by atoms with Gasteiger partial charge in [-0.3, -0.25) is 9.59 Å². The molecule has 1 aliphatic heterocycles. The lowest BCUT2D eigenvalue weighted by atomic mass is 9.69. The molecule has 3 N–H and O–H groups in total. The van der Waals surface area contributed by atoms with Gasteiger partial charge in [-0.05, 0) is 37.0 Å². The fraction of sp³-hybridized carbons (Fsp3) is 0.467. The third-order valence-corrected chi connectivity index (χ3v) is 4.43. The normalized spacial score (nSPS) is 18.6. The Kier molecular flexibility index (Phi) is 3.12. The molecule has 5 heteroatoms. The lowest BCUT2D eigenvalue weighted by molar-refractivity contribution is -0.153. The summed E-state index contributed by atoms with van der Waals surface area (Å²) in [6.45, 7) is 1.12. The zero-order valence-corrected chi connectivity index (χ0v) is 11.2. The van der Waals surface area contributed by atoms with Crippen molar-refractivity contribution in [1.29, 1.82) is 0 Å². The monoisotopic (exact) mass is 274 g/mol. The number of carboxylic acids is 1. The van der Waals surface area contributed by atoms with Gasteiger partial charge in [0.05, 0.1) is 5.41 Å². The molecule has 20 heavy (non-hydrogen) atoms. The second kappa shape index (κ2) is 4.81. The standard InChI is InChI=1S/C15H18N2O3/c18-13(17-9-15(14(19)20)5-1-6-15)11-3-2-10-4-7-16-12(10)8-11/h2-3,8,16H,1,4-7,9H2,(H,17,18)(H,19,20). The predicted molar refractivity (Wildman–Crippen MR) is 74.9 cm³/mol. The summed E-state index contributed by atoms with van der Waals surface area (Å²) < 4.78 is 0. The Bertz CT molecular complexity index is 564. The fourth-order valence-electron chi connectivity index (χ4n) is 2.85. The first-order valence-electron chi connectivity index (χ1n) is 6.99. The van der Waals surface area contributed by atoms with Crippen LogP contribution in [0.25, 0.3) is 0 Å². The number of hydrogen-bond donors (Lipinski definition) is 3. The average molecular weight is 274 g/mol. The van der Waals surface area contributed by atoms with E-state index in [9.17, 15) is 14.7 Å². The van der Waals surface area contributed by atoms with Gasteiger partial charge < -0.3 is 15.7 Å². The van der Waals surface area contributed by atoms with Crippen molar-refractivity contribution in [3.05, 3.63) is 29.3 Å². The second-order valence-electron chi connectivity index (χ2n) is 5.67. The summed E-state index contributed by atoms with van der Waals surface area (Å²) >= 11 is 0. The molecular weight excluding hydrogens is 256 g/mol. The number of aliphatic carboxylic acids is 1. The average Bonchev–Trinajstić information content (AvgIpc) is 2.83. The van der Waals surface area contributed by atoms with E-state index in [1.165, 1.54) is 5.56 Å². The van der Waals surface area contributed by atoms with E-state index in [0.29, 0.717) is 18.4 Å². The van der Waals surface area contributed by atoms with Gasteiger partial charge in [-0.2, -0.15) is 0 Å². The van der Waals surface area contributed by atoms with Crippen molar-refractivity contribution in [2.75, 3.05) is 18.4 Å². The number of anilines is 1. The molecule has 1 saturated carbocycles. The molecule has 0 spiro atoms. The van der Waals surface area contributed by atoms with Crippen LogP contribution in [0.3, 0.4) is 0 Å². The summed E-state index contributed by atoms with van der Waals surface area (Å²) in [6, 6.07) is 5.60. The molecule has 0 bridgehead atoms. The Morgan fingerprint density at radius 2 is 2.15 bits per heavy atom. The molecule has 1 aromatic rings. The van der Waals surface area contributed by atoms with Crippen LogP contribution in [0.1, 0.15) is 35.2 Å². The summed E-state index contributed by atoms with van der Waals surface area (Å²) in [6.07, 6.45) is 3.20. The van der Waals surface area contributed by atoms with Gasteiger partial charge in [-0.25, -0.2) is 0 Å². The Morgan fingerprint density at radius 1 is 1.35 bits per heavy atom. The highest BCUT2D eigenvalue weighted by molar-refractivity contribution is 5.95. The molecule has 106 valence electrons. The quantitative estimate of drug-likeness (QED) is 0.780. The van der Waals surface area contributed by atoms with Crippen molar-refractivity contribution in [2.24, 2.45) is 5.41 Å². The first-order valence-corrected chi connectivity index (χ1v) is 6.99. The van der Waals surface area contributed by atoms with E-state index in [-0.39, 0.29) is 12.5 Å². The minimum Gasteiger partial charge on any atom is -0.481 e. The maximum absolute atomic E-state index is 12.1. The van der Waals surface area contributed by atoms with Gasteiger partial charge in [0.1, 0.15) is 0 Å². The minimum atomic E-state index is -0.806. The van der Waals surface area contributed by atoms with E-state index in [0.717, 1.165) is 25.1 Å². The molecule has 1 heterocycles. The van der Waals surface area contributed by atoms with Gasteiger partial charge >= 0.3 is 5.97 Å². The number of fused-ring (bicyclic) bond motifs is 1. The van der Waals surface area contributed by atoms with Gasteiger partial charge in [-0.15, -0.1) is 0 Å². The molecule has 0 saturated heterocycles. The maximum Gasteiger partial charge on any atom is 0.311 e. The summed E-state index contributed by atoms with van der Waals surface area (Å²) in [5.41, 5.74) is 2.07. The molecule has 1 aliphatic carbocycles. The molecule has 0 aromatic heterocycles. The third kappa shape index (κ3) is 2.13. The molecule has 5 nitrogen and oxygen atoms in total. The number of amides is 1. The van der Waals surface area contributed by atoms with Crippen molar-refractivity contribution in [2.45, 2.75) is 25.7 Å². The van der Waals surface area contributed by atoms with Crippen LogP contribution in [0.15, 0.2) is 18.2 Å². The molecule has 1 fully saturated rings. The Hall–Kier alpha value is -2.04. The first kappa shape index (κ1) is 13.0. The van der Waals surface area contributed by atoms with E-state index in [4.69, 9.17) is 0 Å². The number of carbonyl (C=O) groups is 2.